The van der Waals surface area contributed by atoms with Crippen LogP contribution in [-0.4, -0.2) is 26.7 Å². The number of aromatic amines is 1. The SMILES string of the molecule is CC(=O)[C@H]1[C@H](c2ccccc2)c2c(n[nH]c2C)C[C@@]1(C)O. The third kappa shape index (κ3) is 2.20. The van der Waals surface area contributed by atoms with Crippen LogP contribution >= 0.6 is 0 Å². The summed E-state index contributed by atoms with van der Waals surface area (Å²) >= 11 is 0. The van der Waals surface area contributed by atoms with Crippen LogP contribution < -0.4 is 0 Å². The molecule has 4 heteroatoms. The first-order chi connectivity index (χ1) is 9.92. The van der Waals surface area contributed by atoms with Crippen molar-refractivity contribution in [3.8, 4) is 0 Å². The van der Waals surface area contributed by atoms with Gasteiger partial charge in [-0.3, -0.25) is 9.89 Å². The van der Waals surface area contributed by atoms with Crippen LogP contribution in [0.5, 0.6) is 0 Å². The van der Waals surface area contributed by atoms with Crippen molar-refractivity contribution in [3.05, 3.63) is 52.8 Å². The van der Waals surface area contributed by atoms with Gasteiger partial charge in [0, 0.05) is 23.6 Å². The van der Waals surface area contributed by atoms with E-state index in [9.17, 15) is 9.90 Å². The number of carbonyl (C=O) groups excluding carboxylic acids is 1. The van der Waals surface area contributed by atoms with Gasteiger partial charge < -0.3 is 5.11 Å². The van der Waals surface area contributed by atoms with Gasteiger partial charge in [0.05, 0.1) is 17.2 Å². The van der Waals surface area contributed by atoms with Gasteiger partial charge in [-0.25, -0.2) is 0 Å². The Balaban J connectivity index is 2.24. The second-order valence-corrected chi connectivity index (χ2v) is 6.22. The molecule has 4 nitrogen and oxygen atoms in total. The van der Waals surface area contributed by atoms with E-state index in [0.29, 0.717) is 6.42 Å². The van der Waals surface area contributed by atoms with Crippen LogP contribution in [0.4, 0.5) is 0 Å². The molecule has 0 fully saturated rings. The molecular formula is C17H20N2O2. The summed E-state index contributed by atoms with van der Waals surface area (Å²) in [5.41, 5.74) is 2.86. The quantitative estimate of drug-likeness (QED) is 0.889. The van der Waals surface area contributed by atoms with Crippen molar-refractivity contribution in [1.82, 2.24) is 10.2 Å². The number of aliphatic hydroxyl groups is 1. The van der Waals surface area contributed by atoms with Crippen molar-refractivity contribution in [2.24, 2.45) is 5.92 Å². The number of Topliss-reactive ketones (excluding diaryl/α,β-unsaturated/α-hetero) is 1. The van der Waals surface area contributed by atoms with Crippen molar-refractivity contribution < 1.29 is 9.90 Å². The highest BCUT2D eigenvalue weighted by molar-refractivity contribution is 5.82. The molecule has 0 amide bonds. The highest BCUT2D eigenvalue weighted by Gasteiger charge is 2.48. The molecule has 110 valence electrons. The zero-order valence-electron chi connectivity index (χ0n) is 12.6. The fourth-order valence-corrected chi connectivity index (χ4v) is 3.70. The van der Waals surface area contributed by atoms with E-state index in [0.717, 1.165) is 22.5 Å². The summed E-state index contributed by atoms with van der Waals surface area (Å²) in [7, 11) is 0. The molecule has 0 bridgehead atoms. The number of aryl methyl sites for hydroxylation is 1. The number of hydrogen-bond acceptors (Lipinski definition) is 3. The second kappa shape index (κ2) is 4.81. The lowest BCUT2D eigenvalue weighted by atomic mass is 9.64. The number of fused-ring (bicyclic) bond motifs is 1. The van der Waals surface area contributed by atoms with Crippen LogP contribution in [0.1, 0.15) is 42.3 Å². The van der Waals surface area contributed by atoms with Crippen LogP contribution in [0.3, 0.4) is 0 Å². The van der Waals surface area contributed by atoms with Gasteiger partial charge in [-0.15, -0.1) is 0 Å². The summed E-state index contributed by atoms with van der Waals surface area (Å²) in [4.78, 5) is 12.3. The van der Waals surface area contributed by atoms with Gasteiger partial charge in [0.2, 0.25) is 0 Å². The Morgan fingerprint density at radius 1 is 1.38 bits per heavy atom. The average molecular weight is 284 g/mol. The molecule has 1 heterocycles. The summed E-state index contributed by atoms with van der Waals surface area (Å²) in [5, 5.41) is 18.1. The van der Waals surface area contributed by atoms with Gasteiger partial charge in [0.1, 0.15) is 5.78 Å². The molecule has 0 radical (unpaired) electrons. The molecule has 21 heavy (non-hydrogen) atoms. The van der Waals surface area contributed by atoms with E-state index in [-0.39, 0.29) is 11.7 Å². The standard InChI is InChI=1S/C17H20N2O2/c1-10-14-13(19-18-10)9-17(3,21)16(11(2)20)15(14)12-7-5-4-6-8-12/h4-8,15-16,21H,9H2,1-3H3,(H,18,19)/t15-,16+,17-/m1/s1. The summed E-state index contributed by atoms with van der Waals surface area (Å²) in [6.45, 7) is 5.27. The lowest BCUT2D eigenvalue weighted by Gasteiger charge is -2.41. The van der Waals surface area contributed by atoms with Crippen LogP contribution in [-0.2, 0) is 11.2 Å². The Bertz CT molecular complexity index is 673. The molecule has 2 aromatic rings. The van der Waals surface area contributed by atoms with E-state index in [1.807, 2.05) is 37.3 Å². The average Bonchev–Trinajstić information content (AvgIpc) is 2.77. The zero-order valence-corrected chi connectivity index (χ0v) is 12.6. The number of hydrogen-bond donors (Lipinski definition) is 2. The number of nitrogens with zero attached hydrogens (tertiary/aromatic N) is 1. The predicted octanol–water partition coefficient (Wildman–Crippen LogP) is 2.36. The molecule has 1 aliphatic carbocycles. The van der Waals surface area contributed by atoms with E-state index < -0.39 is 11.5 Å². The molecule has 3 rings (SSSR count). The first-order valence-electron chi connectivity index (χ1n) is 7.23. The van der Waals surface area contributed by atoms with Crippen molar-refractivity contribution in [2.45, 2.75) is 38.7 Å². The Morgan fingerprint density at radius 2 is 2.05 bits per heavy atom. The molecule has 0 saturated carbocycles. The zero-order chi connectivity index (χ0) is 15.2. The Kier molecular flexibility index (Phi) is 3.21. The number of aromatic nitrogens is 2. The third-order valence-corrected chi connectivity index (χ3v) is 4.51. The fraction of sp³-hybridized carbons (Fsp3) is 0.412. The van der Waals surface area contributed by atoms with Crippen LogP contribution in [0.15, 0.2) is 30.3 Å². The van der Waals surface area contributed by atoms with E-state index in [1.54, 1.807) is 13.8 Å². The second-order valence-electron chi connectivity index (χ2n) is 6.22. The predicted molar refractivity (Wildman–Crippen MR) is 80.1 cm³/mol. The number of rotatable bonds is 2. The molecule has 0 saturated heterocycles. The van der Waals surface area contributed by atoms with Crippen molar-refractivity contribution >= 4 is 5.78 Å². The maximum Gasteiger partial charge on any atom is 0.136 e. The van der Waals surface area contributed by atoms with Gasteiger partial charge in [-0.05, 0) is 26.3 Å². The van der Waals surface area contributed by atoms with Gasteiger partial charge in [-0.1, -0.05) is 30.3 Å². The largest absolute Gasteiger partial charge is 0.389 e. The van der Waals surface area contributed by atoms with E-state index in [1.165, 1.54) is 0 Å². The minimum absolute atomic E-state index is 0.0140. The highest BCUT2D eigenvalue weighted by atomic mass is 16.3. The van der Waals surface area contributed by atoms with Crippen LogP contribution in [0.2, 0.25) is 0 Å². The Hall–Kier alpha value is -1.94. The van der Waals surface area contributed by atoms with Crippen LogP contribution in [0.25, 0.3) is 0 Å². The summed E-state index contributed by atoms with van der Waals surface area (Å²) in [6, 6.07) is 9.91. The summed E-state index contributed by atoms with van der Waals surface area (Å²) < 4.78 is 0. The van der Waals surface area contributed by atoms with Crippen LogP contribution in [0, 0.1) is 12.8 Å². The van der Waals surface area contributed by atoms with Gasteiger partial charge >= 0.3 is 0 Å². The molecule has 0 spiro atoms. The smallest absolute Gasteiger partial charge is 0.136 e. The maximum absolute atomic E-state index is 12.3. The lowest BCUT2D eigenvalue weighted by molar-refractivity contribution is -0.130. The van der Waals surface area contributed by atoms with Crippen molar-refractivity contribution in [1.29, 1.82) is 0 Å². The number of nitrogens with one attached hydrogen (secondary N) is 1. The summed E-state index contributed by atoms with van der Waals surface area (Å²) in [5.74, 6) is -0.593. The molecular weight excluding hydrogens is 264 g/mol. The van der Waals surface area contributed by atoms with E-state index in [2.05, 4.69) is 10.2 Å². The van der Waals surface area contributed by atoms with Gasteiger partial charge in [-0.2, -0.15) is 5.10 Å². The molecule has 0 unspecified atom stereocenters. The number of carbonyl (C=O) groups is 1. The van der Waals surface area contributed by atoms with E-state index >= 15 is 0 Å². The van der Waals surface area contributed by atoms with Gasteiger partial charge in [0.25, 0.3) is 0 Å². The highest BCUT2D eigenvalue weighted by Crippen LogP contribution is 2.46. The minimum atomic E-state index is -1.08. The molecule has 1 aromatic carbocycles. The number of H-pyrrole nitrogens is 1. The molecule has 3 atom stereocenters. The fourth-order valence-electron chi connectivity index (χ4n) is 3.70. The van der Waals surface area contributed by atoms with Gasteiger partial charge in [0.15, 0.2) is 0 Å². The first-order valence-corrected chi connectivity index (χ1v) is 7.23. The minimum Gasteiger partial charge on any atom is -0.389 e. The molecule has 0 aliphatic heterocycles. The normalized spacial score (nSPS) is 28.2. The molecule has 1 aromatic heterocycles. The van der Waals surface area contributed by atoms with Crippen molar-refractivity contribution in [2.75, 3.05) is 0 Å². The van der Waals surface area contributed by atoms with Crippen molar-refractivity contribution in [3.63, 3.8) is 0 Å². The number of ketones is 1. The monoisotopic (exact) mass is 284 g/mol. The first kappa shape index (κ1) is 14.0. The maximum atomic E-state index is 12.3. The molecule has 2 N–H and O–H groups in total. The van der Waals surface area contributed by atoms with E-state index in [4.69, 9.17) is 0 Å². The molecule has 1 aliphatic rings. The lowest BCUT2D eigenvalue weighted by Crippen LogP contribution is -2.48. The Morgan fingerprint density at radius 3 is 2.67 bits per heavy atom. The Labute approximate surface area is 124 Å². The third-order valence-electron chi connectivity index (χ3n) is 4.51. The number of benzene rings is 1. The summed E-state index contributed by atoms with van der Waals surface area (Å²) in [6.07, 6.45) is 0.403. The topological polar surface area (TPSA) is 66.0 Å².